The summed E-state index contributed by atoms with van der Waals surface area (Å²) >= 11 is 1.65. The van der Waals surface area contributed by atoms with Crippen LogP contribution in [0.5, 0.6) is 11.5 Å². The van der Waals surface area contributed by atoms with Gasteiger partial charge >= 0.3 is 0 Å². The van der Waals surface area contributed by atoms with Crippen molar-refractivity contribution in [1.82, 2.24) is 19.6 Å². The zero-order valence-corrected chi connectivity index (χ0v) is 16.7. The maximum atomic E-state index is 12.4. The van der Waals surface area contributed by atoms with Crippen LogP contribution in [0.1, 0.15) is 10.6 Å². The number of thiophene rings is 1. The summed E-state index contributed by atoms with van der Waals surface area (Å²) in [7, 11) is 3.19. The molecule has 9 nitrogen and oxygen atoms in total. The summed E-state index contributed by atoms with van der Waals surface area (Å²) < 4.78 is 11.9. The number of nitrogens with zero attached hydrogens (tertiary/aromatic N) is 3. The first kappa shape index (κ1) is 18.8. The molecule has 3 aromatic heterocycles. The number of nitrogens with one attached hydrogen (secondary N) is 3. The van der Waals surface area contributed by atoms with E-state index in [1.807, 2.05) is 29.6 Å². The van der Waals surface area contributed by atoms with E-state index in [1.165, 1.54) is 15.5 Å². The van der Waals surface area contributed by atoms with Crippen LogP contribution in [0.25, 0.3) is 5.78 Å². The van der Waals surface area contributed by atoms with Crippen LogP contribution in [0.15, 0.2) is 46.6 Å². The van der Waals surface area contributed by atoms with Gasteiger partial charge in [-0.05, 0) is 23.6 Å². The van der Waals surface area contributed by atoms with Crippen LogP contribution in [-0.2, 0) is 13.1 Å². The number of rotatable bonds is 8. The third-order valence-corrected chi connectivity index (χ3v) is 5.14. The fourth-order valence-corrected chi connectivity index (χ4v) is 3.46. The Kier molecular flexibility index (Phi) is 5.34. The van der Waals surface area contributed by atoms with Gasteiger partial charge < -0.3 is 20.1 Å². The molecule has 0 radical (unpaired) electrons. The summed E-state index contributed by atoms with van der Waals surface area (Å²) in [5.74, 6) is 2.14. The van der Waals surface area contributed by atoms with Crippen molar-refractivity contribution >= 4 is 28.8 Å². The molecule has 0 saturated carbocycles. The van der Waals surface area contributed by atoms with E-state index in [2.05, 4.69) is 25.7 Å². The molecule has 4 aromatic rings. The SMILES string of the molecule is COc1ccc(NCc2cc(=O)n3[nH]c(NCc4cccs4)nc3n2)c(OC)c1. The number of H-pyrrole nitrogens is 1. The van der Waals surface area contributed by atoms with Gasteiger partial charge in [-0.3, -0.25) is 9.89 Å². The first-order valence-electron chi connectivity index (χ1n) is 8.87. The van der Waals surface area contributed by atoms with Gasteiger partial charge in [-0.2, -0.15) is 9.50 Å². The molecule has 0 aliphatic rings. The van der Waals surface area contributed by atoms with Crippen molar-refractivity contribution in [1.29, 1.82) is 0 Å². The Balaban J connectivity index is 1.50. The van der Waals surface area contributed by atoms with Crippen LogP contribution in [-0.4, -0.2) is 33.8 Å². The maximum absolute atomic E-state index is 12.4. The molecule has 0 spiro atoms. The lowest BCUT2D eigenvalue weighted by Crippen LogP contribution is -2.17. The number of aromatic amines is 1. The predicted molar refractivity (Wildman–Crippen MR) is 112 cm³/mol. The average molecular weight is 412 g/mol. The van der Waals surface area contributed by atoms with Gasteiger partial charge in [0.2, 0.25) is 5.95 Å². The Morgan fingerprint density at radius 3 is 2.76 bits per heavy atom. The third kappa shape index (κ3) is 4.16. The number of fused-ring (bicyclic) bond motifs is 1. The van der Waals surface area contributed by atoms with Crippen LogP contribution >= 0.6 is 11.3 Å². The Bertz CT molecular complexity index is 1170. The topological polar surface area (TPSA) is 106 Å². The number of ether oxygens (including phenoxy) is 2. The van der Waals surface area contributed by atoms with Crippen molar-refractivity contribution in [2.75, 3.05) is 24.9 Å². The molecule has 1 aromatic carbocycles. The first-order valence-corrected chi connectivity index (χ1v) is 9.75. The Morgan fingerprint density at radius 2 is 2.00 bits per heavy atom. The Labute approximate surface area is 170 Å². The van der Waals surface area contributed by atoms with Crippen molar-refractivity contribution in [3.63, 3.8) is 0 Å². The fourth-order valence-electron chi connectivity index (χ4n) is 2.81. The predicted octanol–water partition coefficient (Wildman–Crippen LogP) is 2.72. The fraction of sp³-hybridized carbons (Fsp3) is 0.211. The lowest BCUT2D eigenvalue weighted by Gasteiger charge is -2.12. The molecule has 3 N–H and O–H groups in total. The van der Waals surface area contributed by atoms with Crippen molar-refractivity contribution in [2.45, 2.75) is 13.1 Å². The lowest BCUT2D eigenvalue weighted by atomic mass is 10.2. The minimum atomic E-state index is -0.231. The second kappa shape index (κ2) is 8.23. The summed E-state index contributed by atoms with van der Waals surface area (Å²) in [5, 5.41) is 11.3. The lowest BCUT2D eigenvalue weighted by molar-refractivity contribution is 0.395. The molecule has 0 saturated heterocycles. The molecule has 0 amide bonds. The van der Waals surface area contributed by atoms with E-state index in [0.717, 1.165) is 5.69 Å². The smallest absolute Gasteiger partial charge is 0.274 e. The van der Waals surface area contributed by atoms with E-state index >= 15 is 0 Å². The molecular weight excluding hydrogens is 392 g/mol. The van der Waals surface area contributed by atoms with Crippen LogP contribution in [0.4, 0.5) is 11.6 Å². The monoisotopic (exact) mass is 412 g/mol. The number of methoxy groups -OCH3 is 2. The van der Waals surface area contributed by atoms with Crippen molar-refractivity contribution in [3.05, 3.63) is 62.7 Å². The molecule has 0 atom stereocenters. The molecule has 0 aliphatic heterocycles. The van der Waals surface area contributed by atoms with Gasteiger partial charge in [0.25, 0.3) is 11.3 Å². The maximum Gasteiger partial charge on any atom is 0.274 e. The average Bonchev–Trinajstić information content (AvgIpc) is 3.40. The second-order valence-corrected chi connectivity index (χ2v) is 7.18. The quantitative estimate of drug-likeness (QED) is 0.409. The molecule has 10 heteroatoms. The van der Waals surface area contributed by atoms with E-state index in [9.17, 15) is 4.79 Å². The van der Waals surface area contributed by atoms with Crippen LogP contribution in [0.2, 0.25) is 0 Å². The summed E-state index contributed by atoms with van der Waals surface area (Å²) in [4.78, 5) is 22.4. The molecule has 3 heterocycles. The van der Waals surface area contributed by atoms with Crippen molar-refractivity contribution in [2.24, 2.45) is 0 Å². The molecule has 0 unspecified atom stereocenters. The molecule has 0 fully saturated rings. The largest absolute Gasteiger partial charge is 0.497 e. The molecule has 4 rings (SSSR count). The zero-order chi connectivity index (χ0) is 20.2. The van der Waals surface area contributed by atoms with Crippen LogP contribution < -0.4 is 25.7 Å². The van der Waals surface area contributed by atoms with E-state index in [1.54, 1.807) is 31.6 Å². The summed E-state index contributed by atoms with van der Waals surface area (Å²) in [6, 6.07) is 11.0. The number of benzene rings is 1. The van der Waals surface area contributed by atoms with Gasteiger partial charge in [0.05, 0.1) is 38.7 Å². The van der Waals surface area contributed by atoms with E-state index in [4.69, 9.17) is 9.47 Å². The van der Waals surface area contributed by atoms with Gasteiger partial charge in [-0.25, -0.2) is 4.98 Å². The molecule has 29 heavy (non-hydrogen) atoms. The number of anilines is 2. The standard InChI is InChI=1S/C19H20N6O3S/c1-27-13-5-6-15(16(9-13)28-2)20-10-12-8-17(26)25-19(22-12)23-18(24-25)21-11-14-4-3-7-29-14/h3-9,20H,10-11H2,1-2H3,(H2,21,22,23,24). The van der Waals surface area contributed by atoms with Crippen LogP contribution in [0.3, 0.4) is 0 Å². The molecular formula is C19H20N6O3S. The Hall–Kier alpha value is -3.53. The number of hydrogen-bond acceptors (Lipinski definition) is 8. The van der Waals surface area contributed by atoms with E-state index in [-0.39, 0.29) is 5.56 Å². The van der Waals surface area contributed by atoms with Crippen molar-refractivity contribution < 1.29 is 9.47 Å². The highest BCUT2D eigenvalue weighted by Crippen LogP contribution is 2.29. The number of aromatic nitrogens is 4. The summed E-state index contributed by atoms with van der Waals surface area (Å²) in [6.07, 6.45) is 0. The Morgan fingerprint density at radius 1 is 1.10 bits per heavy atom. The second-order valence-electron chi connectivity index (χ2n) is 6.15. The summed E-state index contributed by atoms with van der Waals surface area (Å²) in [6.45, 7) is 0.969. The minimum Gasteiger partial charge on any atom is -0.497 e. The highest BCUT2D eigenvalue weighted by Gasteiger charge is 2.10. The van der Waals surface area contributed by atoms with Crippen molar-refractivity contribution in [3.8, 4) is 11.5 Å². The normalized spacial score (nSPS) is 10.8. The van der Waals surface area contributed by atoms with Crippen LogP contribution in [0, 0.1) is 0 Å². The molecule has 150 valence electrons. The minimum absolute atomic E-state index is 0.231. The third-order valence-electron chi connectivity index (χ3n) is 4.26. The zero-order valence-electron chi connectivity index (χ0n) is 15.9. The van der Waals surface area contributed by atoms with Gasteiger partial charge in [-0.1, -0.05) is 6.07 Å². The number of hydrogen-bond donors (Lipinski definition) is 3. The van der Waals surface area contributed by atoms with Gasteiger partial charge in [0, 0.05) is 17.0 Å². The van der Waals surface area contributed by atoms with Gasteiger partial charge in [0.15, 0.2) is 0 Å². The highest BCUT2D eigenvalue weighted by molar-refractivity contribution is 7.09. The van der Waals surface area contributed by atoms with Gasteiger partial charge in [0.1, 0.15) is 11.5 Å². The molecule has 0 bridgehead atoms. The first-order chi connectivity index (χ1) is 14.2. The van der Waals surface area contributed by atoms with E-state index in [0.29, 0.717) is 42.0 Å². The highest BCUT2D eigenvalue weighted by atomic mass is 32.1. The van der Waals surface area contributed by atoms with E-state index < -0.39 is 0 Å². The van der Waals surface area contributed by atoms with Gasteiger partial charge in [-0.15, -0.1) is 11.3 Å². The molecule has 0 aliphatic carbocycles. The summed E-state index contributed by atoms with van der Waals surface area (Å²) in [5.41, 5.74) is 1.12.